The molecule has 386 valence electrons. The van der Waals surface area contributed by atoms with E-state index in [0.717, 1.165) is 38.5 Å². The summed E-state index contributed by atoms with van der Waals surface area (Å²) in [4.78, 5) is 37.9. The fraction of sp³-hybridized carbons (Fsp3) is 0.949. The van der Waals surface area contributed by atoms with Crippen LogP contribution in [0.15, 0.2) is 0 Å². The van der Waals surface area contributed by atoms with E-state index in [1.165, 1.54) is 250 Å². The van der Waals surface area contributed by atoms with Crippen molar-refractivity contribution in [1.82, 2.24) is 0 Å². The number of hydrogen-bond donors (Lipinski definition) is 0. The summed E-state index contributed by atoms with van der Waals surface area (Å²) in [6, 6.07) is 0. The van der Waals surface area contributed by atoms with Crippen molar-refractivity contribution in [3.63, 3.8) is 0 Å². The highest BCUT2D eigenvalue weighted by Gasteiger charge is 2.17. The van der Waals surface area contributed by atoms with Crippen molar-refractivity contribution >= 4 is 17.9 Å². The molecule has 0 fully saturated rings. The predicted molar refractivity (Wildman–Crippen MR) is 280 cm³/mol. The molecule has 0 unspecified atom stereocenters. The van der Waals surface area contributed by atoms with Crippen molar-refractivity contribution in [2.24, 2.45) is 0 Å². The third-order valence-corrected chi connectivity index (χ3v) is 13.7. The number of hydrogen-bond acceptors (Lipinski definition) is 6. The van der Waals surface area contributed by atoms with Crippen LogP contribution < -0.4 is 0 Å². The molecule has 0 amide bonds. The predicted octanol–water partition coefficient (Wildman–Crippen LogP) is 19.5. The summed E-state index contributed by atoms with van der Waals surface area (Å²) in [5, 5.41) is 0. The molecule has 0 aliphatic heterocycles. The second kappa shape index (κ2) is 55.0. The van der Waals surface area contributed by atoms with Gasteiger partial charge < -0.3 is 14.2 Å². The lowest BCUT2D eigenvalue weighted by Gasteiger charge is -2.18. The van der Waals surface area contributed by atoms with Gasteiger partial charge in [0.05, 0.1) is 13.2 Å². The highest BCUT2D eigenvalue weighted by Crippen LogP contribution is 2.18. The molecule has 0 saturated carbocycles. The second-order valence-electron chi connectivity index (χ2n) is 20.2. The third-order valence-electron chi connectivity index (χ3n) is 13.7. The Hall–Kier alpha value is -1.59. The van der Waals surface area contributed by atoms with E-state index in [9.17, 15) is 14.4 Å². The van der Waals surface area contributed by atoms with E-state index in [1.54, 1.807) is 0 Å². The number of carbonyl (C=O) groups is 3. The highest BCUT2D eigenvalue weighted by molar-refractivity contribution is 5.70. The maximum atomic E-state index is 12.9. The SMILES string of the molecule is CCCCCCCCCCCCCCCCCC(=O)OCCC(CCOC(=O)CCCCCCCCCCCCCCCCC)OC(=O)CCCCCCCCCCCCCCCCC. The van der Waals surface area contributed by atoms with Crippen molar-refractivity contribution in [1.29, 1.82) is 0 Å². The van der Waals surface area contributed by atoms with E-state index in [0.29, 0.717) is 32.1 Å². The van der Waals surface area contributed by atoms with Crippen LogP contribution in [-0.2, 0) is 28.6 Å². The monoisotopic (exact) mass is 919 g/mol. The van der Waals surface area contributed by atoms with Gasteiger partial charge in [0, 0.05) is 32.1 Å². The maximum Gasteiger partial charge on any atom is 0.306 e. The first-order chi connectivity index (χ1) is 32.0. The molecular formula is C59H114O6. The first kappa shape index (κ1) is 63.4. The largest absolute Gasteiger partial charge is 0.466 e. The van der Waals surface area contributed by atoms with Gasteiger partial charge >= 0.3 is 17.9 Å². The average Bonchev–Trinajstić information content (AvgIpc) is 3.30. The van der Waals surface area contributed by atoms with Gasteiger partial charge in [0.1, 0.15) is 6.10 Å². The highest BCUT2D eigenvalue weighted by atomic mass is 16.6. The number of rotatable bonds is 55. The van der Waals surface area contributed by atoms with Crippen LogP contribution in [0.2, 0.25) is 0 Å². The lowest BCUT2D eigenvalue weighted by molar-refractivity contribution is -0.153. The minimum absolute atomic E-state index is 0.169. The van der Waals surface area contributed by atoms with Gasteiger partial charge in [-0.05, 0) is 19.3 Å². The van der Waals surface area contributed by atoms with Crippen LogP contribution in [-0.4, -0.2) is 37.2 Å². The van der Waals surface area contributed by atoms with Crippen LogP contribution in [0.5, 0.6) is 0 Å². The van der Waals surface area contributed by atoms with Crippen LogP contribution in [0.25, 0.3) is 0 Å². The molecule has 0 heterocycles. The molecule has 0 aromatic rings. The molecule has 0 N–H and O–H groups in total. The van der Waals surface area contributed by atoms with Gasteiger partial charge in [0.25, 0.3) is 0 Å². The maximum absolute atomic E-state index is 12.9. The van der Waals surface area contributed by atoms with E-state index in [-0.39, 0.29) is 31.1 Å². The number of esters is 3. The Kier molecular flexibility index (Phi) is 53.7. The molecule has 0 aromatic carbocycles. The molecule has 0 radical (unpaired) electrons. The van der Waals surface area contributed by atoms with Gasteiger partial charge in [-0.15, -0.1) is 0 Å². The van der Waals surface area contributed by atoms with Gasteiger partial charge in [0.15, 0.2) is 0 Å². The van der Waals surface area contributed by atoms with Crippen molar-refractivity contribution in [3.8, 4) is 0 Å². The lowest BCUT2D eigenvalue weighted by atomic mass is 10.0. The van der Waals surface area contributed by atoms with Crippen molar-refractivity contribution in [3.05, 3.63) is 0 Å². The van der Waals surface area contributed by atoms with E-state index in [4.69, 9.17) is 14.2 Å². The quantitative estimate of drug-likeness (QED) is 0.0344. The molecule has 0 saturated heterocycles. The van der Waals surface area contributed by atoms with Crippen LogP contribution in [0.3, 0.4) is 0 Å². The molecule has 6 heteroatoms. The van der Waals surface area contributed by atoms with E-state index >= 15 is 0 Å². The number of unbranched alkanes of at least 4 members (excludes halogenated alkanes) is 42. The smallest absolute Gasteiger partial charge is 0.306 e. The molecule has 0 aliphatic carbocycles. The Morgan fingerprint density at radius 3 is 0.662 bits per heavy atom. The van der Waals surface area contributed by atoms with Gasteiger partial charge in [-0.2, -0.15) is 0 Å². The average molecular weight is 920 g/mol. The Morgan fingerprint density at radius 2 is 0.446 bits per heavy atom. The Morgan fingerprint density at radius 1 is 0.262 bits per heavy atom. The first-order valence-electron chi connectivity index (χ1n) is 29.5. The zero-order valence-corrected chi connectivity index (χ0v) is 44.3. The van der Waals surface area contributed by atoms with E-state index < -0.39 is 6.10 Å². The van der Waals surface area contributed by atoms with Gasteiger partial charge in [-0.25, -0.2) is 0 Å². The van der Waals surface area contributed by atoms with E-state index in [2.05, 4.69) is 20.8 Å². The minimum atomic E-state index is -0.420. The summed E-state index contributed by atoms with van der Waals surface area (Å²) in [6.45, 7) is 7.28. The molecule has 0 bridgehead atoms. The van der Waals surface area contributed by atoms with Crippen LogP contribution in [0.1, 0.15) is 342 Å². The summed E-state index contributed by atoms with van der Waals surface area (Å²) in [5.74, 6) is -0.534. The lowest BCUT2D eigenvalue weighted by Crippen LogP contribution is -2.23. The molecule has 0 spiro atoms. The van der Waals surface area contributed by atoms with Crippen molar-refractivity contribution in [2.45, 2.75) is 348 Å². The van der Waals surface area contributed by atoms with Gasteiger partial charge in [0.2, 0.25) is 0 Å². The second-order valence-corrected chi connectivity index (χ2v) is 20.2. The Balaban J connectivity index is 4.28. The Labute approximate surface area is 406 Å². The summed E-state index contributed by atoms with van der Waals surface area (Å²) in [5.41, 5.74) is 0. The van der Waals surface area contributed by atoms with Gasteiger partial charge in [-0.1, -0.05) is 290 Å². The molecule has 0 atom stereocenters. The molecular weight excluding hydrogens is 805 g/mol. The number of carbonyl (C=O) groups excluding carboxylic acids is 3. The summed E-state index contributed by atoms with van der Waals surface area (Å²) >= 11 is 0. The topological polar surface area (TPSA) is 78.9 Å². The van der Waals surface area contributed by atoms with Gasteiger partial charge in [-0.3, -0.25) is 14.4 Å². The molecule has 65 heavy (non-hydrogen) atoms. The summed E-state index contributed by atoms with van der Waals surface area (Å²) in [6.07, 6.45) is 60.1. The zero-order chi connectivity index (χ0) is 47.2. The van der Waals surface area contributed by atoms with Crippen molar-refractivity contribution in [2.75, 3.05) is 13.2 Å². The van der Waals surface area contributed by atoms with E-state index in [1.807, 2.05) is 0 Å². The fourth-order valence-corrected chi connectivity index (χ4v) is 9.18. The molecule has 0 aliphatic rings. The molecule has 0 rings (SSSR count). The zero-order valence-electron chi connectivity index (χ0n) is 44.3. The summed E-state index contributed by atoms with van der Waals surface area (Å²) < 4.78 is 17.1. The Bertz CT molecular complexity index is 915. The van der Waals surface area contributed by atoms with Crippen LogP contribution in [0.4, 0.5) is 0 Å². The van der Waals surface area contributed by atoms with Crippen LogP contribution in [0, 0.1) is 0 Å². The summed E-state index contributed by atoms with van der Waals surface area (Å²) in [7, 11) is 0. The van der Waals surface area contributed by atoms with Crippen molar-refractivity contribution < 1.29 is 28.6 Å². The first-order valence-corrected chi connectivity index (χ1v) is 29.5. The molecule has 0 aromatic heterocycles. The normalized spacial score (nSPS) is 11.4. The minimum Gasteiger partial charge on any atom is -0.466 e. The fourth-order valence-electron chi connectivity index (χ4n) is 9.18. The molecule has 6 nitrogen and oxygen atoms in total. The standard InChI is InChI=1S/C59H114O6/c1-4-7-10-13-16-19-22-25-28-31-34-37-40-43-46-49-57(60)63-54-52-56(65-59(62)51-48-45-42-39-36-33-30-27-24-21-18-15-12-9-6-3)53-55-64-58(61)50-47-44-41-38-35-32-29-26-23-20-17-14-11-8-5-2/h56H,4-55H2,1-3H3. The van der Waals surface area contributed by atoms with Crippen LogP contribution >= 0.6 is 0 Å². The third kappa shape index (κ3) is 53.2. The number of ether oxygens (including phenoxy) is 3.